The van der Waals surface area contributed by atoms with Crippen molar-refractivity contribution in [2.75, 3.05) is 10.6 Å². The van der Waals surface area contributed by atoms with Crippen molar-refractivity contribution in [3.8, 4) is 0 Å². The number of aromatic amines is 1. The van der Waals surface area contributed by atoms with Gasteiger partial charge in [-0.3, -0.25) is 9.89 Å². The van der Waals surface area contributed by atoms with Crippen molar-refractivity contribution >= 4 is 33.3 Å². The second kappa shape index (κ2) is 6.12. The third kappa shape index (κ3) is 2.95. The molecule has 3 N–H and O–H groups in total. The molecule has 2 heterocycles. The maximum Gasteiger partial charge on any atom is 0.285 e. The number of aromatic nitrogens is 2. The summed E-state index contributed by atoms with van der Waals surface area (Å²) in [5, 5.41) is 12.1. The minimum absolute atomic E-state index is 0.179. The molecule has 0 spiro atoms. The lowest BCUT2D eigenvalue weighted by molar-refractivity contribution is 0.102. The Balaban J connectivity index is 1.53. The van der Waals surface area contributed by atoms with E-state index >= 15 is 0 Å². The number of rotatable bonds is 3. The van der Waals surface area contributed by atoms with E-state index in [2.05, 4.69) is 25.2 Å². The molecule has 130 valence electrons. The molecule has 0 fully saturated rings. The van der Waals surface area contributed by atoms with Crippen LogP contribution in [0.25, 0.3) is 0 Å². The number of sulfonamides is 1. The molecule has 26 heavy (non-hydrogen) atoms. The van der Waals surface area contributed by atoms with Crippen LogP contribution in [0, 0.1) is 0 Å². The summed E-state index contributed by atoms with van der Waals surface area (Å²) in [6.45, 7) is 0. The fourth-order valence-electron chi connectivity index (χ4n) is 2.56. The average molecular weight is 367 g/mol. The summed E-state index contributed by atoms with van der Waals surface area (Å²) in [5.41, 5.74) is 1.59. The Morgan fingerprint density at radius 3 is 2.50 bits per heavy atom. The molecule has 0 saturated heterocycles. The number of amides is 1. The molecule has 2 aromatic carbocycles. The van der Waals surface area contributed by atoms with Gasteiger partial charge in [0.15, 0.2) is 5.84 Å². The molecule has 8 nitrogen and oxygen atoms in total. The predicted molar refractivity (Wildman–Crippen MR) is 96.8 cm³/mol. The van der Waals surface area contributed by atoms with Gasteiger partial charge in [-0.1, -0.05) is 12.1 Å². The molecule has 0 radical (unpaired) electrons. The van der Waals surface area contributed by atoms with Gasteiger partial charge in [0.05, 0.1) is 6.20 Å². The van der Waals surface area contributed by atoms with Crippen molar-refractivity contribution in [3.05, 3.63) is 71.9 Å². The van der Waals surface area contributed by atoms with E-state index in [4.69, 9.17) is 0 Å². The number of anilines is 2. The van der Waals surface area contributed by atoms with Gasteiger partial charge in [-0.05, 0) is 36.4 Å². The van der Waals surface area contributed by atoms with E-state index in [9.17, 15) is 13.2 Å². The third-order valence-electron chi connectivity index (χ3n) is 3.79. The lowest BCUT2D eigenvalue weighted by atomic mass is 10.1. The summed E-state index contributed by atoms with van der Waals surface area (Å²) in [5.74, 6) is 0.474. The average Bonchev–Trinajstić information content (AvgIpc) is 3.22. The second-order valence-corrected chi connectivity index (χ2v) is 7.11. The molecule has 1 aromatic heterocycles. The van der Waals surface area contributed by atoms with Gasteiger partial charge in [-0.2, -0.15) is 13.5 Å². The van der Waals surface area contributed by atoms with Crippen molar-refractivity contribution in [2.45, 2.75) is 4.90 Å². The lowest BCUT2D eigenvalue weighted by Crippen LogP contribution is -2.13. The molecule has 0 aliphatic carbocycles. The van der Waals surface area contributed by atoms with Crippen LogP contribution >= 0.6 is 0 Å². The highest BCUT2D eigenvalue weighted by Crippen LogP contribution is 2.26. The van der Waals surface area contributed by atoms with Gasteiger partial charge >= 0.3 is 0 Å². The molecule has 1 aliphatic heterocycles. The van der Waals surface area contributed by atoms with Gasteiger partial charge < -0.3 is 10.6 Å². The number of H-pyrrole nitrogens is 1. The summed E-state index contributed by atoms with van der Waals surface area (Å²) >= 11 is 0. The lowest BCUT2D eigenvalue weighted by Gasteiger charge is -2.08. The van der Waals surface area contributed by atoms with Crippen LogP contribution in [-0.4, -0.2) is 30.4 Å². The van der Waals surface area contributed by atoms with Crippen LogP contribution in [0.15, 0.2) is 70.1 Å². The van der Waals surface area contributed by atoms with Crippen LogP contribution < -0.4 is 10.6 Å². The molecule has 4 rings (SSSR count). The minimum atomic E-state index is -3.67. The highest BCUT2D eigenvalue weighted by Gasteiger charge is 2.28. The maximum absolute atomic E-state index is 12.1. The first-order valence-corrected chi connectivity index (χ1v) is 9.09. The van der Waals surface area contributed by atoms with Crippen LogP contribution in [0.5, 0.6) is 0 Å². The monoisotopic (exact) mass is 367 g/mol. The van der Waals surface area contributed by atoms with E-state index in [0.717, 1.165) is 0 Å². The molecule has 0 bridgehead atoms. The Morgan fingerprint density at radius 1 is 1.00 bits per heavy atom. The summed E-state index contributed by atoms with van der Waals surface area (Å²) in [6, 6.07) is 14.9. The van der Waals surface area contributed by atoms with E-state index in [1.165, 1.54) is 12.3 Å². The van der Waals surface area contributed by atoms with Crippen LogP contribution in [0.3, 0.4) is 0 Å². The standard InChI is InChI=1S/C17H13N5O3S/c23-17(20-15-9-10-18-21-15)11-5-7-12(8-6-11)19-16-13-3-1-2-4-14(13)26(24,25)22-16/h1-10H,(H,19,22)(H2,18,20,21,23). The molecule has 3 aromatic rings. The SMILES string of the molecule is O=C(Nc1ccn[nH]1)c1ccc(NC2=NS(=O)(=O)c3ccccc32)cc1. The largest absolute Gasteiger partial charge is 0.339 e. The fraction of sp³-hybridized carbons (Fsp3) is 0. The highest BCUT2D eigenvalue weighted by molar-refractivity contribution is 7.90. The van der Waals surface area contributed by atoms with Gasteiger partial charge in [0.1, 0.15) is 10.7 Å². The second-order valence-electron chi connectivity index (χ2n) is 5.54. The molecular formula is C17H13N5O3S. The smallest absolute Gasteiger partial charge is 0.285 e. The first kappa shape index (κ1) is 16.0. The van der Waals surface area contributed by atoms with Crippen molar-refractivity contribution < 1.29 is 13.2 Å². The Kier molecular flexibility index (Phi) is 3.77. The van der Waals surface area contributed by atoms with Crippen molar-refractivity contribution in [3.63, 3.8) is 0 Å². The summed E-state index contributed by atoms with van der Waals surface area (Å²) < 4.78 is 27.9. The molecular weight excluding hydrogens is 354 g/mol. The number of benzene rings is 2. The number of nitrogens with one attached hydrogen (secondary N) is 3. The summed E-state index contributed by atoms with van der Waals surface area (Å²) in [6.07, 6.45) is 1.54. The third-order valence-corrected chi connectivity index (χ3v) is 5.13. The Bertz CT molecular complexity index is 1100. The molecule has 1 amide bonds. The quantitative estimate of drug-likeness (QED) is 0.656. The molecule has 0 atom stereocenters. The molecule has 9 heteroatoms. The first-order chi connectivity index (χ1) is 12.5. The Morgan fingerprint density at radius 2 is 1.77 bits per heavy atom. The van der Waals surface area contributed by atoms with E-state index in [0.29, 0.717) is 22.6 Å². The number of nitrogens with zero attached hydrogens (tertiary/aromatic N) is 2. The Labute approximate surface area is 149 Å². The van der Waals surface area contributed by atoms with Gasteiger partial charge in [-0.25, -0.2) is 0 Å². The van der Waals surface area contributed by atoms with E-state index < -0.39 is 10.0 Å². The molecule has 0 unspecified atom stereocenters. The Hall–Kier alpha value is -3.46. The van der Waals surface area contributed by atoms with Crippen LogP contribution in [-0.2, 0) is 10.0 Å². The number of hydrogen-bond acceptors (Lipinski definition) is 5. The number of fused-ring (bicyclic) bond motifs is 1. The van der Waals surface area contributed by atoms with Crippen LogP contribution in [0.1, 0.15) is 15.9 Å². The van der Waals surface area contributed by atoms with E-state index in [-0.39, 0.29) is 16.6 Å². The normalized spacial score (nSPS) is 14.4. The number of carbonyl (C=O) groups is 1. The predicted octanol–water partition coefficient (Wildman–Crippen LogP) is 2.22. The number of hydrogen-bond donors (Lipinski definition) is 3. The van der Waals surface area contributed by atoms with Crippen molar-refractivity contribution in [1.82, 2.24) is 10.2 Å². The zero-order valence-electron chi connectivity index (χ0n) is 13.3. The van der Waals surface area contributed by atoms with Crippen LogP contribution in [0.2, 0.25) is 0 Å². The summed E-state index contributed by atoms with van der Waals surface area (Å²) in [7, 11) is -3.67. The first-order valence-electron chi connectivity index (χ1n) is 7.65. The van der Waals surface area contributed by atoms with Gasteiger partial charge in [0, 0.05) is 22.9 Å². The van der Waals surface area contributed by atoms with E-state index in [1.54, 1.807) is 48.5 Å². The van der Waals surface area contributed by atoms with Crippen molar-refractivity contribution in [2.24, 2.45) is 4.40 Å². The fourth-order valence-corrected chi connectivity index (χ4v) is 3.73. The van der Waals surface area contributed by atoms with Gasteiger partial charge in [0.25, 0.3) is 15.9 Å². The van der Waals surface area contributed by atoms with Gasteiger partial charge in [0.2, 0.25) is 0 Å². The van der Waals surface area contributed by atoms with Gasteiger partial charge in [-0.15, -0.1) is 4.40 Å². The summed E-state index contributed by atoms with van der Waals surface area (Å²) in [4.78, 5) is 12.3. The number of amidine groups is 1. The van der Waals surface area contributed by atoms with Crippen LogP contribution in [0.4, 0.5) is 11.5 Å². The molecule has 1 aliphatic rings. The zero-order valence-corrected chi connectivity index (χ0v) is 14.1. The van der Waals surface area contributed by atoms with Crippen molar-refractivity contribution in [1.29, 1.82) is 0 Å². The zero-order chi connectivity index (χ0) is 18.1. The molecule has 0 saturated carbocycles. The van der Waals surface area contributed by atoms with E-state index in [1.807, 2.05) is 0 Å². The minimum Gasteiger partial charge on any atom is -0.339 e. The topological polar surface area (TPSA) is 116 Å². The maximum atomic E-state index is 12.1. The highest BCUT2D eigenvalue weighted by atomic mass is 32.2. The number of carbonyl (C=O) groups excluding carboxylic acids is 1.